The summed E-state index contributed by atoms with van der Waals surface area (Å²) in [5, 5.41) is 4.14. The Morgan fingerprint density at radius 1 is 1.32 bits per heavy atom. The lowest BCUT2D eigenvalue weighted by Crippen LogP contribution is -2.36. The summed E-state index contributed by atoms with van der Waals surface area (Å²) in [5.74, 6) is 2.42. The fourth-order valence-corrected chi connectivity index (χ4v) is 2.98. The molecule has 3 nitrogen and oxygen atoms in total. The number of anilines is 1. The average molecular weight is 280 g/mol. The quantitative estimate of drug-likeness (QED) is 0.816. The van der Waals surface area contributed by atoms with E-state index in [1.54, 1.807) is 0 Å². The standard InChI is InChI=1S/C15H22ClN3/c1-3-15(7-4-8-15)9-17-13-10(2)12(16)18-14(19-13)11-5-6-11/h11H,3-9H2,1-2H3,(H,17,18,19). The maximum atomic E-state index is 6.23. The van der Waals surface area contributed by atoms with Crippen molar-refractivity contribution in [2.45, 2.75) is 58.3 Å². The molecule has 2 aliphatic rings. The molecule has 0 aliphatic heterocycles. The van der Waals surface area contributed by atoms with Crippen molar-refractivity contribution in [3.63, 3.8) is 0 Å². The Balaban J connectivity index is 1.75. The number of nitrogens with zero attached hydrogens (tertiary/aromatic N) is 2. The summed E-state index contributed by atoms with van der Waals surface area (Å²) >= 11 is 6.23. The Morgan fingerprint density at radius 2 is 2.05 bits per heavy atom. The Bertz CT molecular complexity index is 473. The van der Waals surface area contributed by atoms with Crippen LogP contribution in [0.3, 0.4) is 0 Å². The van der Waals surface area contributed by atoms with Crippen molar-refractivity contribution in [3.8, 4) is 0 Å². The lowest BCUT2D eigenvalue weighted by molar-refractivity contribution is 0.145. The zero-order valence-electron chi connectivity index (χ0n) is 11.8. The number of rotatable bonds is 5. The fraction of sp³-hybridized carbons (Fsp3) is 0.733. The Hall–Kier alpha value is -0.830. The molecule has 2 saturated carbocycles. The lowest BCUT2D eigenvalue weighted by atomic mass is 9.67. The molecule has 0 saturated heterocycles. The van der Waals surface area contributed by atoms with Gasteiger partial charge in [0.05, 0.1) is 0 Å². The third-order valence-electron chi connectivity index (χ3n) is 4.84. The summed E-state index contributed by atoms with van der Waals surface area (Å²) in [7, 11) is 0. The predicted molar refractivity (Wildman–Crippen MR) is 78.8 cm³/mol. The highest BCUT2D eigenvalue weighted by Crippen LogP contribution is 2.44. The molecule has 1 aromatic rings. The molecule has 104 valence electrons. The minimum atomic E-state index is 0.490. The molecule has 0 aromatic carbocycles. The van der Waals surface area contributed by atoms with Crippen molar-refractivity contribution in [2.75, 3.05) is 11.9 Å². The zero-order valence-corrected chi connectivity index (χ0v) is 12.6. The van der Waals surface area contributed by atoms with Crippen molar-refractivity contribution < 1.29 is 0 Å². The van der Waals surface area contributed by atoms with Crippen LogP contribution in [-0.4, -0.2) is 16.5 Å². The topological polar surface area (TPSA) is 37.8 Å². The van der Waals surface area contributed by atoms with Gasteiger partial charge in [-0.1, -0.05) is 24.9 Å². The molecule has 0 unspecified atom stereocenters. The first-order chi connectivity index (χ1) is 9.13. The number of nitrogens with one attached hydrogen (secondary N) is 1. The van der Waals surface area contributed by atoms with Crippen molar-refractivity contribution in [3.05, 3.63) is 16.5 Å². The summed E-state index contributed by atoms with van der Waals surface area (Å²) in [6.45, 7) is 5.30. The van der Waals surface area contributed by atoms with Crippen molar-refractivity contribution in [1.82, 2.24) is 9.97 Å². The average Bonchev–Trinajstić information content (AvgIpc) is 3.17. The molecule has 0 bridgehead atoms. The molecule has 1 aromatic heterocycles. The van der Waals surface area contributed by atoms with Gasteiger partial charge in [0, 0.05) is 18.0 Å². The van der Waals surface area contributed by atoms with Gasteiger partial charge in [0.2, 0.25) is 0 Å². The van der Waals surface area contributed by atoms with Gasteiger partial charge in [-0.2, -0.15) is 0 Å². The van der Waals surface area contributed by atoms with Gasteiger partial charge in [-0.3, -0.25) is 0 Å². The first kappa shape index (κ1) is 13.2. The van der Waals surface area contributed by atoms with Crippen LogP contribution in [0.25, 0.3) is 0 Å². The minimum absolute atomic E-state index is 0.490. The van der Waals surface area contributed by atoms with Crippen LogP contribution in [0.15, 0.2) is 0 Å². The number of hydrogen-bond donors (Lipinski definition) is 1. The van der Waals surface area contributed by atoms with Gasteiger partial charge in [0.1, 0.15) is 16.8 Å². The fourth-order valence-electron chi connectivity index (χ4n) is 2.81. The SMILES string of the molecule is CCC1(CNc2nc(C3CC3)nc(Cl)c2C)CCC1. The van der Waals surface area contributed by atoms with Crippen LogP contribution in [0.4, 0.5) is 5.82 Å². The number of hydrogen-bond acceptors (Lipinski definition) is 3. The minimum Gasteiger partial charge on any atom is -0.369 e. The second kappa shape index (κ2) is 4.93. The van der Waals surface area contributed by atoms with Crippen LogP contribution in [0.2, 0.25) is 5.15 Å². The molecule has 0 radical (unpaired) electrons. The van der Waals surface area contributed by atoms with E-state index in [0.717, 1.165) is 23.8 Å². The van der Waals surface area contributed by atoms with Gasteiger partial charge >= 0.3 is 0 Å². The highest BCUT2D eigenvalue weighted by Gasteiger charge is 2.35. The van der Waals surface area contributed by atoms with E-state index in [0.29, 0.717) is 16.5 Å². The maximum absolute atomic E-state index is 6.23. The van der Waals surface area contributed by atoms with Gasteiger partial charge in [0.25, 0.3) is 0 Å². The molecule has 1 N–H and O–H groups in total. The molecule has 2 aliphatic carbocycles. The predicted octanol–water partition coefficient (Wildman–Crippen LogP) is 4.31. The van der Waals surface area contributed by atoms with E-state index in [9.17, 15) is 0 Å². The Morgan fingerprint density at radius 3 is 2.58 bits per heavy atom. The number of halogens is 1. The molecule has 2 fully saturated rings. The molecule has 0 spiro atoms. The van der Waals surface area contributed by atoms with Crippen molar-refractivity contribution in [1.29, 1.82) is 0 Å². The van der Waals surface area contributed by atoms with Gasteiger partial charge < -0.3 is 5.32 Å². The van der Waals surface area contributed by atoms with Crippen LogP contribution in [-0.2, 0) is 0 Å². The first-order valence-electron chi connectivity index (χ1n) is 7.41. The lowest BCUT2D eigenvalue weighted by Gasteiger charge is -2.41. The van der Waals surface area contributed by atoms with E-state index in [4.69, 9.17) is 11.6 Å². The normalized spacial score (nSPS) is 21.0. The van der Waals surface area contributed by atoms with Crippen molar-refractivity contribution >= 4 is 17.4 Å². The highest BCUT2D eigenvalue weighted by molar-refractivity contribution is 6.30. The summed E-state index contributed by atoms with van der Waals surface area (Å²) in [6, 6.07) is 0. The third-order valence-corrected chi connectivity index (χ3v) is 5.21. The molecule has 1 heterocycles. The third kappa shape index (κ3) is 2.58. The molecular weight excluding hydrogens is 258 g/mol. The highest BCUT2D eigenvalue weighted by atomic mass is 35.5. The zero-order chi connectivity index (χ0) is 13.5. The monoisotopic (exact) mass is 279 g/mol. The van der Waals surface area contributed by atoms with Gasteiger partial charge in [-0.05, 0) is 44.4 Å². The molecule has 0 amide bonds. The summed E-state index contributed by atoms with van der Waals surface area (Å²) in [5.41, 5.74) is 1.47. The van der Waals surface area contributed by atoms with E-state index in [2.05, 4.69) is 22.2 Å². The van der Waals surface area contributed by atoms with E-state index in [-0.39, 0.29) is 0 Å². The second-order valence-electron chi connectivity index (χ2n) is 6.18. The first-order valence-corrected chi connectivity index (χ1v) is 7.79. The van der Waals surface area contributed by atoms with Gasteiger partial charge in [0.15, 0.2) is 0 Å². The molecule has 4 heteroatoms. The van der Waals surface area contributed by atoms with Crippen LogP contribution in [0.5, 0.6) is 0 Å². The Kier molecular flexibility index (Phi) is 3.42. The number of aromatic nitrogens is 2. The largest absolute Gasteiger partial charge is 0.369 e. The van der Waals surface area contributed by atoms with Crippen LogP contribution in [0, 0.1) is 12.3 Å². The van der Waals surface area contributed by atoms with E-state index < -0.39 is 0 Å². The van der Waals surface area contributed by atoms with Gasteiger partial charge in [-0.25, -0.2) is 9.97 Å². The summed E-state index contributed by atoms with van der Waals surface area (Å²) in [6.07, 6.45) is 7.70. The van der Waals surface area contributed by atoms with Crippen LogP contribution in [0.1, 0.15) is 62.8 Å². The molecular formula is C15H22ClN3. The van der Waals surface area contributed by atoms with E-state index >= 15 is 0 Å². The van der Waals surface area contributed by atoms with E-state index in [1.807, 2.05) is 6.92 Å². The summed E-state index contributed by atoms with van der Waals surface area (Å²) < 4.78 is 0. The summed E-state index contributed by atoms with van der Waals surface area (Å²) in [4.78, 5) is 9.09. The van der Waals surface area contributed by atoms with Crippen LogP contribution >= 0.6 is 11.6 Å². The van der Waals surface area contributed by atoms with Crippen LogP contribution < -0.4 is 5.32 Å². The maximum Gasteiger partial charge on any atom is 0.137 e. The van der Waals surface area contributed by atoms with E-state index in [1.165, 1.54) is 38.5 Å². The Labute approximate surface area is 120 Å². The van der Waals surface area contributed by atoms with Gasteiger partial charge in [-0.15, -0.1) is 0 Å². The smallest absolute Gasteiger partial charge is 0.137 e. The van der Waals surface area contributed by atoms with Crippen molar-refractivity contribution in [2.24, 2.45) is 5.41 Å². The molecule has 3 rings (SSSR count). The second-order valence-corrected chi connectivity index (χ2v) is 6.54. The molecule has 0 atom stereocenters. The molecule has 19 heavy (non-hydrogen) atoms.